The van der Waals surface area contributed by atoms with Crippen LogP contribution in [-0.2, 0) is 9.59 Å². The van der Waals surface area contributed by atoms with Gasteiger partial charge in [-0.3, -0.25) is 9.59 Å². The Kier molecular flexibility index (Phi) is 3.92. The topological polar surface area (TPSA) is 104 Å². The fourth-order valence-electron chi connectivity index (χ4n) is 2.69. The van der Waals surface area contributed by atoms with Crippen molar-refractivity contribution >= 4 is 17.9 Å². The zero-order valence-corrected chi connectivity index (χ0v) is 10.7. The molecular weight excluding hydrogens is 250 g/mol. The van der Waals surface area contributed by atoms with Gasteiger partial charge in [-0.2, -0.15) is 0 Å². The van der Waals surface area contributed by atoms with Crippen molar-refractivity contribution < 1.29 is 19.5 Å². The van der Waals surface area contributed by atoms with E-state index >= 15 is 0 Å². The highest BCUT2D eigenvalue weighted by atomic mass is 16.4. The van der Waals surface area contributed by atoms with E-state index in [1.807, 2.05) is 0 Å². The molecule has 7 nitrogen and oxygen atoms in total. The van der Waals surface area contributed by atoms with E-state index < -0.39 is 5.97 Å². The van der Waals surface area contributed by atoms with Gasteiger partial charge in [0.25, 0.3) is 0 Å². The summed E-state index contributed by atoms with van der Waals surface area (Å²) in [5.74, 6) is -1.39. The third-order valence-electron chi connectivity index (χ3n) is 3.79. The lowest BCUT2D eigenvalue weighted by Gasteiger charge is -2.43. The zero-order valence-electron chi connectivity index (χ0n) is 10.7. The predicted molar refractivity (Wildman–Crippen MR) is 66.2 cm³/mol. The molecule has 106 valence electrons. The second-order valence-electron chi connectivity index (χ2n) is 5.34. The minimum Gasteiger partial charge on any atom is -0.481 e. The van der Waals surface area contributed by atoms with Crippen molar-refractivity contribution in [3.63, 3.8) is 0 Å². The van der Waals surface area contributed by atoms with Gasteiger partial charge in [-0.25, -0.2) is 4.79 Å². The molecule has 0 aromatic heterocycles. The number of carboxylic acids is 1. The Morgan fingerprint density at radius 2 is 1.84 bits per heavy atom. The molecular formula is C12H19N3O4. The Labute approximate surface area is 111 Å². The van der Waals surface area contributed by atoms with Crippen LogP contribution in [0.2, 0.25) is 0 Å². The molecule has 0 aromatic carbocycles. The van der Waals surface area contributed by atoms with Gasteiger partial charge in [0.1, 0.15) is 0 Å². The van der Waals surface area contributed by atoms with E-state index in [2.05, 4.69) is 0 Å². The number of primary amides is 1. The number of nitrogens with zero attached hydrogens (tertiary/aromatic N) is 2. The Morgan fingerprint density at radius 3 is 2.42 bits per heavy atom. The van der Waals surface area contributed by atoms with Crippen LogP contribution < -0.4 is 5.73 Å². The highest BCUT2D eigenvalue weighted by Crippen LogP contribution is 2.23. The molecule has 3 N–H and O–H groups in total. The number of hydrogen-bond acceptors (Lipinski definition) is 3. The summed E-state index contributed by atoms with van der Waals surface area (Å²) in [5.41, 5.74) is 5.27. The smallest absolute Gasteiger partial charge is 0.320 e. The summed E-state index contributed by atoms with van der Waals surface area (Å²) in [7, 11) is 0. The van der Waals surface area contributed by atoms with Crippen molar-refractivity contribution in [1.82, 2.24) is 9.80 Å². The van der Waals surface area contributed by atoms with E-state index in [1.54, 1.807) is 9.80 Å². The summed E-state index contributed by atoms with van der Waals surface area (Å²) >= 11 is 0. The molecule has 0 radical (unpaired) electrons. The van der Waals surface area contributed by atoms with Gasteiger partial charge in [-0.1, -0.05) is 0 Å². The third-order valence-corrected chi connectivity index (χ3v) is 3.79. The molecule has 2 aliphatic heterocycles. The van der Waals surface area contributed by atoms with E-state index in [9.17, 15) is 14.4 Å². The second kappa shape index (κ2) is 5.46. The van der Waals surface area contributed by atoms with Crippen LogP contribution >= 0.6 is 0 Å². The lowest BCUT2D eigenvalue weighted by atomic mass is 9.95. The van der Waals surface area contributed by atoms with Crippen molar-refractivity contribution in [3.8, 4) is 0 Å². The second-order valence-corrected chi connectivity index (χ2v) is 5.34. The number of amides is 3. The molecule has 2 saturated heterocycles. The Morgan fingerprint density at radius 1 is 1.16 bits per heavy atom. The SMILES string of the molecule is NC(=O)C1CCCN(C(=O)N2CC(CC(=O)O)C2)C1. The van der Waals surface area contributed by atoms with Crippen LogP contribution in [0.3, 0.4) is 0 Å². The quantitative estimate of drug-likeness (QED) is 0.734. The van der Waals surface area contributed by atoms with Crippen molar-refractivity contribution in [2.75, 3.05) is 26.2 Å². The molecule has 0 spiro atoms. The van der Waals surface area contributed by atoms with E-state index in [0.29, 0.717) is 26.2 Å². The van der Waals surface area contributed by atoms with Crippen LogP contribution in [0.1, 0.15) is 19.3 Å². The zero-order chi connectivity index (χ0) is 14.0. The number of nitrogens with two attached hydrogens (primary N) is 1. The van der Waals surface area contributed by atoms with Gasteiger partial charge < -0.3 is 20.6 Å². The number of carbonyl (C=O) groups is 3. The Bertz CT molecular complexity index is 392. The van der Waals surface area contributed by atoms with Crippen LogP contribution in [-0.4, -0.2) is 59.0 Å². The molecule has 1 unspecified atom stereocenters. The summed E-state index contributed by atoms with van der Waals surface area (Å²) in [6.45, 7) is 2.00. The molecule has 2 heterocycles. The van der Waals surface area contributed by atoms with Gasteiger partial charge in [0, 0.05) is 32.1 Å². The monoisotopic (exact) mass is 269 g/mol. The minimum absolute atomic E-state index is 0.0539. The summed E-state index contributed by atoms with van der Waals surface area (Å²) < 4.78 is 0. The van der Waals surface area contributed by atoms with Gasteiger partial charge in [0.15, 0.2) is 0 Å². The number of aliphatic carboxylic acids is 1. The Hall–Kier alpha value is -1.79. The normalized spacial score (nSPS) is 23.9. The first-order valence-electron chi connectivity index (χ1n) is 6.52. The molecule has 19 heavy (non-hydrogen) atoms. The van der Waals surface area contributed by atoms with Crippen LogP contribution in [0.15, 0.2) is 0 Å². The molecule has 0 aliphatic carbocycles. The minimum atomic E-state index is -0.830. The first kappa shape index (κ1) is 13.6. The highest BCUT2D eigenvalue weighted by molar-refractivity contribution is 5.80. The van der Waals surface area contributed by atoms with Gasteiger partial charge >= 0.3 is 12.0 Å². The Balaban J connectivity index is 1.81. The van der Waals surface area contributed by atoms with Crippen LogP contribution in [0.4, 0.5) is 4.79 Å². The van der Waals surface area contributed by atoms with Gasteiger partial charge in [0.2, 0.25) is 5.91 Å². The number of hydrogen-bond donors (Lipinski definition) is 2. The van der Waals surface area contributed by atoms with Gasteiger partial charge in [-0.15, -0.1) is 0 Å². The molecule has 0 bridgehead atoms. The molecule has 1 atom stereocenters. The van der Waals surface area contributed by atoms with Gasteiger partial charge in [-0.05, 0) is 12.8 Å². The number of carbonyl (C=O) groups excluding carboxylic acids is 2. The summed E-state index contributed by atoms with van der Waals surface area (Å²) in [4.78, 5) is 37.1. The number of rotatable bonds is 3. The number of likely N-dealkylation sites (tertiary alicyclic amines) is 2. The van der Waals surface area contributed by atoms with E-state index in [4.69, 9.17) is 10.8 Å². The van der Waals surface area contributed by atoms with Crippen molar-refractivity contribution in [3.05, 3.63) is 0 Å². The van der Waals surface area contributed by atoms with E-state index in [-0.39, 0.29) is 30.2 Å². The molecule has 7 heteroatoms. The number of carboxylic acid groups (broad SMARTS) is 1. The van der Waals surface area contributed by atoms with E-state index in [0.717, 1.165) is 12.8 Å². The van der Waals surface area contributed by atoms with Gasteiger partial charge in [0.05, 0.1) is 12.3 Å². The molecule has 3 amide bonds. The maximum absolute atomic E-state index is 12.1. The summed E-state index contributed by atoms with van der Waals surface area (Å²) in [5, 5.41) is 8.65. The van der Waals surface area contributed by atoms with Crippen molar-refractivity contribution in [1.29, 1.82) is 0 Å². The lowest BCUT2D eigenvalue weighted by Crippen LogP contribution is -2.57. The largest absolute Gasteiger partial charge is 0.481 e. The summed E-state index contributed by atoms with van der Waals surface area (Å²) in [6, 6.07) is -0.104. The van der Waals surface area contributed by atoms with Crippen molar-refractivity contribution in [2.45, 2.75) is 19.3 Å². The third kappa shape index (κ3) is 3.15. The number of piperidine rings is 1. The van der Waals surface area contributed by atoms with E-state index in [1.165, 1.54) is 0 Å². The molecule has 2 aliphatic rings. The highest BCUT2D eigenvalue weighted by Gasteiger charge is 2.36. The fourth-order valence-corrected chi connectivity index (χ4v) is 2.69. The fraction of sp³-hybridized carbons (Fsp3) is 0.750. The first-order valence-corrected chi connectivity index (χ1v) is 6.52. The average molecular weight is 269 g/mol. The van der Waals surface area contributed by atoms with Crippen molar-refractivity contribution in [2.24, 2.45) is 17.6 Å². The number of urea groups is 1. The van der Waals surface area contributed by atoms with Crippen LogP contribution in [0, 0.1) is 11.8 Å². The average Bonchev–Trinajstić information content (AvgIpc) is 2.32. The predicted octanol–water partition coefficient (Wildman–Crippen LogP) is -0.290. The molecule has 2 rings (SSSR count). The lowest BCUT2D eigenvalue weighted by molar-refractivity contribution is -0.139. The molecule has 0 aromatic rings. The molecule has 2 fully saturated rings. The van der Waals surface area contributed by atoms with Crippen LogP contribution in [0.5, 0.6) is 0 Å². The first-order chi connectivity index (χ1) is 8.97. The molecule has 0 saturated carbocycles. The standard InChI is InChI=1S/C12H19N3O4/c13-11(18)9-2-1-3-14(7-9)12(19)15-5-8(6-15)4-10(16)17/h8-9H,1-7H2,(H2,13,18)(H,16,17). The maximum atomic E-state index is 12.1. The summed E-state index contributed by atoms with van der Waals surface area (Å²) in [6.07, 6.45) is 1.63. The van der Waals surface area contributed by atoms with Crippen LogP contribution in [0.25, 0.3) is 0 Å². The maximum Gasteiger partial charge on any atom is 0.320 e.